The van der Waals surface area contributed by atoms with Crippen LogP contribution in [0.5, 0.6) is 0 Å². The molecule has 0 saturated carbocycles. The molecule has 0 spiro atoms. The van der Waals surface area contributed by atoms with Crippen LogP contribution in [0.3, 0.4) is 0 Å². The first-order valence-corrected chi connectivity index (χ1v) is 4.72. The maximum atomic E-state index is 5.26. The second-order valence-corrected chi connectivity index (χ2v) is 3.20. The standard InChI is InChI=1S/C7H16OS/c1-3-5-8-6-7-9-4-2/h3-7H2,1-2H3. The van der Waals surface area contributed by atoms with Crippen molar-refractivity contribution in [2.75, 3.05) is 24.7 Å². The van der Waals surface area contributed by atoms with Crippen molar-refractivity contribution in [1.82, 2.24) is 0 Å². The number of rotatable bonds is 6. The van der Waals surface area contributed by atoms with Crippen molar-refractivity contribution in [2.24, 2.45) is 0 Å². The van der Waals surface area contributed by atoms with Gasteiger partial charge in [0, 0.05) is 12.4 Å². The molecule has 0 fully saturated rings. The zero-order valence-electron chi connectivity index (χ0n) is 6.35. The number of thioether (sulfide) groups is 1. The summed E-state index contributed by atoms with van der Waals surface area (Å²) in [7, 11) is 0. The number of hydrogen-bond acceptors (Lipinski definition) is 2. The highest BCUT2D eigenvalue weighted by atomic mass is 32.2. The molecule has 0 aliphatic heterocycles. The van der Waals surface area contributed by atoms with Crippen LogP contribution in [0.15, 0.2) is 0 Å². The Hall–Kier alpha value is 0.310. The molecule has 2 heteroatoms. The molecule has 0 atom stereocenters. The van der Waals surface area contributed by atoms with Gasteiger partial charge in [0.1, 0.15) is 0 Å². The summed E-state index contributed by atoms with van der Waals surface area (Å²) >= 11 is 1.93. The average molecular weight is 148 g/mol. The maximum Gasteiger partial charge on any atom is 0.0556 e. The van der Waals surface area contributed by atoms with E-state index in [0.29, 0.717) is 0 Å². The minimum atomic E-state index is 0.921. The molecule has 0 rings (SSSR count). The third-order valence-electron chi connectivity index (χ3n) is 0.925. The van der Waals surface area contributed by atoms with Gasteiger partial charge in [-0.2, -0.15) is 11.8 Å². The summed E-state index contributed by atoms with van der Waals surface area (Å²) in [5.74, 6) is 2.35. The van der Waals surface area contributed by atoms with E-state index in [4.69, 9.17) is 4.74 Å². The Morgan fingerprint density at radius 2 is 2.00 bits per heavy atom. The van der Waals surface area contributed by atoms with Crippen molar-refractivity contribution in [2.45, 2.75) is 20.3 Å². The van der Waals surface area contributed by atoms with Gasteiger partial charge < -0.3 is 4.74 Å². The van der Waals surface area contributed by atoms with Crippen LogP contribution < -0.4 is 0 Å². The van der Waals surface area contributed by atoms with Crippen LogP contribution in [0.2, 0.25) is 0 Å². The topological polar surface area (TPSA) is 9.23 Å². The second kappa shape index (κ2) is 8.31. The van der Waals surface area contributed by atoms with E-state index in [1.807, 2.05) is 11.8 Å². The molecule has 0 N–H and O–H groups in total. The summed E-state index contributed by atoms with van der Waals surface area (Å²) in [5, 5.41) is 0. The normalized spacial score (nSPS) is 10.0. The van der Waals surface area contributed by atoms with Gasteiger partial charge in [0.2, 0.25) is 0 Å². The molecule has 0 aromatic heterocycles. The van der Waals surface area contributed by atoms with Crippen LogP contribution in [-0.4, -0.2) is 24.7 Å². The molecule has 9 heavy (non-hydrogen) atoms. The quantitative estimate of drug-likeness (QED) is 0.534. The highest BCUT2D eigenvalue weighted by Crippen LogP contribution is 1.96. The largest absolute Gasteiger partial charge is 0.381 e. The first-order chi connectivity index (χ1) is 4.41. The molecule has 0 radical (unpaired) electrons. The molecule has 0 bridgehead atoms. The van der Waals surface area contributed by atoms with E-state index < -0.39 is 0 Å². The molecule has 0 heterocycles. The monoisotopic (exact) mass is 148 g/mol. The minimum absolute atomic E-state index is 0.921. The smallest absolute Gasteiger partial charge is 0.0556 e. The van der Waals surface area contributed by atoms with Gasteiger partial charge in [-0.25, -0.2) is 0 Å². The fourth-order valence-electron chi connectivity index (χ4n) is 0.509. The lowest BCUT2D eigenvalue weighted by molar-refractivity contribution is 0.151. The van der Waals surface area contributed by atoms with E-state index in [9.17, 15) is 0 Å². The Bertz CT molecular complexity index is 42.2. The van der Waals surface area contributed by atoms with Crippen molar-refractivity contribution < 1.29 is 4.74 Å². The van der Waals surface area contributed by atoms with Crippen molar-refractivity contribution in [3.8, 4) is 0 Å². The van der Waals surface area contributed by atoms with Gasteiger partial charge in [-0.05, 0) is 12.2 Å². The first-order valence-electron chi connectivity index (χ1n) is 3.57. The van der Waals surface area contributed by atoms with Crippen LogP contribution in [0, 0.1) is 0 Å². The summed E-state index contributed by atoms with van der Waals surface area (Å²) in [6.07, 6.45) is 1.14. The fourth-order valence-corrected chi connectivity index (χ4v) is 1.03. The molecular formula is C7H16OS. The molecule has 0 aliphatic carbocycles. The Balaban J connectivity index is 2.60. The highest BCUT2D eigenvalue weighted by Gasteiger charge is 1.84. The average Bonchev–Trinajstić information content (AvgIpc) is 1.89. The molecule has 0 aromatic rings. The van der Waals surface area contributed by atoms with Crippen LogP contribution in [0.4, 0.5) is 0 Å². The van der Waals surface area contributed by atoms with Gasteiger partial charge >= 0.3 is 0 Å². The summed E-state index contributed by atoms with van der Waals surface area (Å²) in [6.45, 7) is 6.15. The lowest BCUT2D eigenvalue weighted by Crippen LogP contribution is -1.97. The minimum Gasteiger partial charge on any atom is -0.381 e. The Morgan fingerprint density at radius 1 is 1.22 bits per heavy atom. The number of ether oxygens (including phenoxy) is 1. The van der Waals surface area contributed by atoms with E-state index in [2.05, 4.69) is 13.8 Å². The van der Waals surface area contributed by atoms with Gasteiger partial charge in [-0.15, -0.1) is 0 Å². The van der Waals surface area contributed by atoms with Gasteiger partial charge in [-0.3, -0.25) is 0 Å². The lowest BCUT2D eigenvalue weighted by Gasteiger charge is -1.99. The van der Waals surface area contributed by atoms with Crippen LogP contribution >= 0.6 is 11.8 Å². The fraction of sp³-hybridized carbons (Fsp3) is 1.00. The van der Waals surface area contributed by atoms with Crippen molar-refractivity contribution >= 4 is 11.8 Å². The highest BCUT2D eigenvalue weighted by molar-refractivity contribution is 7.99. The summed E-state index contributed by atoms with van der Waals surface area (Å²) in [4.78, 5) is 0. The second-order valence-electron chi connectivity index (χ2n) is 1.81. The van der Waals surface area contributed by atoms with Gasteiger partial charge in [-0.1, -0.05) is 13.8 Å². The zero-order chi connectivity index (χ0) is 6.95. The van der Waals surface area contributed by atoms with Crippen LogP contribution in [0.1, 0.15) is 20.3 Å². The van der Waals surface area contributed by atoms with E-state index in [-0.39, 0.29) is 0 Å². The summed E-state index contributed by atoms with van der Waals surface area (Å²) < 4.78 is 5.26. The molecule has 0 saturated heterocycles. The molecule has 56 valence electrons. The third-order valence-corrected chi connectivity index (χ3v) is 1.79. The van der Waals surface area contributed by atoms with Crippen molar-refractivity contribution in [3.63, 3.8) is 0 Å². The third kappa shape index (κ3) is 8.31. The lowest BCUT2D eigenvalue weighted by atomic mass is 10.5. The first kappa shape index (κ1) is 9.31. The molecule has 0 unspecified atom stereocenters. The van der Waals surface area contributed by atoms with Gasteiger partial charge in [0.15, 0.2) is 0 Å². The Morgan fingerprint density at radius 3 is 2.56 bits per heavy atom. The Labute approximate surface area is 62.2 Å². The van der Waals surface area contributed by atoms with Crippen molar-refractivity contribution in [3.05, 3.63) is 0 Å². The molecule has 0 amide bonds. The van der Waals surface area contributed by atoms with Crippen molar-refractivity contribution in [1.29, 1.82) is 0 Å². The van der Waals surface area contributed by atoms with E-state index in [1.54, 1.807) is 0 Å². The molecular weight excluding hydrogens is 132 g/mol. The molecule has 0 aliphatic rings. The van der Waals surface area contributed by atoms with E-state index in [1.165, 1.54) is 5.75 Å². The predicted octanol–water partition coefficient (Wildman–Crippen LogP) is 2.17. The van der Waals surface area contributed by atoms with Gasteiger partial charge in [0.25, 0.3) is 0 Å². The van der Waals surface area contributed by atoms with Crippen LogP contribution in [0.25, 0.3) is 0 Å². The Kier molecular flexibility index (Phi) is 8.60. The van der Waals surface area contributed by atoms with Crippen LogP contribution in [-0.2, 0) is 4.74 Å². The van der Waals surface area contributed by atoms with E-state index in [0.717, 1.165) is 25.4 Å². The summed E-state index contributed by atoms with van der Waals surface area (Å²) in [5.41, 5.74) is 0. The van der Waals surface area contributed by atoms with E-state index >= 15 is 0 Å². The number of hydrogen-bond donors (Lipinski definition) is 0. The van der Waals surface area contributed by atoms with Gasteiger partial charge in [0.05, 0.1) is 6.61 Å². The molecule has 0 aromatic carbocycles. The SMILES string of the molecule is CCCOCCSCC. The zero-order valence-corrected chi connectivity index (χ0v) is 7.17. The maximum absolute atomic E-state index is 5.26. The summed E-state index contributed by atoms with van der Waals surface area (Å²) in [6, 6.07) is 0. The molecule has 1 nitrogen and oxygen atoms in total. The predicted molar refractivity (Wildman–Crippen MR) is 44.1 cm³/mol.